The minimum Gasteiger partial charge on any atom is -0.481 e. The topological polar surface area (TPSA) is 86.7 Å². The molecule has 2 aliphatic rings. The monoisotopic (exact) mass is 334 g/mol. The van der Waals surface area contributed by atoms with Crippen LogP contribution in [0.15, 0.2) is 24.3 Å². The number of hydrogen-bond acceptors (Lipinski definition) is 3. The van der Waals surface area contributed by atoms with Crippen LogP contribution < -0.4 is 5.32 Å². The van der Waals surface area contributed by atoms with Crippen molar-refractivity contribution in [3.8, 4) is 0 Å². The molecule has 2 atom stereocenters. The molecule has 1 saturated carbocycles. The van der Waals surface area contributed by atoms with Gasteiger partial charge in [-0.05, 0) is 30.5 Å². The summed E-state index contributed by atoms with van der Waals surface area (Å²) < 4.78 is 13.1. The number of nitrogens with one attached hydrogen (secondary N) is 1. The molecule has 2 unspecified atom stereocenters. The van der Waals surface area contributed by atoms with E-state index in [0.29, 0.717) is 18.4 Å². The number of carboxylic acids is 1. The van der Waals surface area contributed by atoms with Gasteiger partial charge in [0, 0.05) is 20.0 Å². The molecule has 24 heavy (non-hydrogen) atoms. The summed E-state index contributed by atoms with van der Waals surface area (Å²) in [5, 5.41) is 11.9. The largest absolute Gasteiger partial charge is 0.481 e. The van der Waals surface area contributed by atoms with Gasteiger partial charge in [-0.1, -0.05) is 12.1 Å². The van der Waals surface area contributed by atoms with Crippen molar-refractivity contribution in [1.29, 1.82) is 0 Å². The van der Waals surface area contributed by atoms with E-state index in [1.165, 1.54) is 17.0 Å². The molecule has 128 valence electrons. The van der Waals surface area contributed by atoms with Crippen LogP contribution in [0.4, 0.5) is 4.39 Å². The van der Waals surface area contributed by atoms with E-state index in [1.807, 2.05) is 0 Å². The van der Waals surface area contributed by atoms with Gasteiger partial charge in [0.2, 0.25) is 11.8 Å². The number of hydrogen-bond donors (Lipinski definition) is 2. The number of amides is 2. The SMILES string of the molecule is CN1C(=O)CC(C(=O)NCC2(C(=O)O)CC2)C1c1ccc(F)cc1. The van der Waals surface area contributed by atoms with Crippen molar-refractivity contribution in [3.05, 3.63) is 35.6 Å². The number of carboxylic acid groups (broad SMARTS) is 1. The average Bonchev–Trinajstić information content (AvgIpc) is 3.29. The Balaban J connectivity index is 1.75. The lowest BCUT2D eigenvalue weighted by Crippen LogP contribution is -2.39. The quantitative estimate of drug-likeness (QED) is 0.850. The van der Waals surface area contributed by atoms with Crippen LogP contribution in [0.1, 0.15) is 30.9 Å². The second-order valence-corrected chi connectivity index (χ2v) is 6.61. The zero-order chi connectivity index (χ0) is 17.5. The van der Waals surface area contributed by atoms with Crippen LogP contribution in [0.2, 0.25) is 0 Å². The van der Waals surface area contributed by atoms with Gasteiger partial charge in [0.05, 0.1) is 17.4 Å². The van der Waals surface area contributed by atoms with Gasteiger partial charge in [-0.2, -0.15) is 0 Å². The average molecular weight is 334 g/mol. The van der Waals surface area contributed by atoms with Crippen molar-refractivity contribution >= 4 is 17.8 Å². The molecule has 0 bridgehead atoms. The number of benzene rings is 1. The van der Waals surface area contributed by atoms with Crippen molar-refractivity contribution in [2.45, 2.75) is 25.3 Å². The van der Waals surface area contributed by atoms with Crippen LogP contribution >= 0.6 is 0 Å². The Morgan fingerprint density at radius 1 is 1.33 bits per heavy atom. The Kier molecular flexibility index (Phi) is 4.03. The summed E-state index contributed by atoms with van der Waals surface area (Å²) in [5.41, 5.74) is -0.167. The Bertz CT molecular complexity index is 684. The highest BCUT2D eigenvalue weighted by molar-refractivity contribution is 5.90. The van der Waals surface area contributed by atoms with Crippen molar-refractivity contribution in [1.82, 2.24) is 10.2 Å². The Labute approximate surface area is 138 Å². The molecule has 3 rings (SSSR count). The van der Waals surface area contributed by atoms with Gasteiger partial charge in [-0.3, -0.25) is 14.4 Å². The molecule has 6 nitrogen and oxygen atoms in total. The Morgan fingerprint density at radius 2 is 1.96 bits per heavy atom. The minimum absolute atomic E-state index is 0.0600. The third-order valence-corrected chi connectivity index (χ3v) is 5.04. The molecule has 2 amide bonds. The minimum atomic E-state index is -0.905. The van der Waals surface area contributed by atoms with Crippen molar-refractivity contribution in [2.75, 3.05) is 13.6 Å². The number of aliphatic carboxylic acids is 1. The summed E-state index contributed by atoms with van der Waals surface area (Å²) in [6.45, 7) is 0.0751. The number of carbonyl (C=O) groups is 3. The van der Waals surface area contributed by atoms with E-state index in [1.54, 1.807) is 19.2 Å². The number of carbonyl (C=O) groups excluding carboxylic acids is 2. The summed E-state index contributed by atoms with van der Waals surface area (Å²) in [6.07, 6.45) is 1.16. The first-order valence-corrected chi connectivity index (χ1v) is 7.86. The normalized spacial score (nSPS) is 24.8. The highest BCUT2D eigenvalue weighted by atomic mass is 19.1. The number of halogens is 1. The van der Waals surface area contributed by atoms with Gasteiger partial charge < -0.3 is 15.3 Å². The van der Waals surface area contributed by atoms with Gasteiger partial charge in [-0.25, -0.2) is 4.39 Å². The molecule has 0 aromatic heterocycles. The Hall–Kier alpha value is -2.44. The lowest BCUT2D eigenvalue weighted by atomic mass is 9.92. The van der Waals surface area contributed by atoms with E-state index < -0.39 is 23.3 Å². The summed E-state index contributed by atoms with van der Waals surface area (Å²) in [7, 11) is 1.61. The first kappa shape index (κ1) is 16.4. The number of nitrogens with zero attached hydrogens (tertiary/aromatic N) is 1. The molecule has 1 aliphatic carbocycles. The van der Waals surface area contributed by atoms with Crippen LogP contribution in [-0.4, -0.2) is 41.4 Å². The van der Waals surface area contributed by atoms with Crippen molar-refractivity contribution in [2.24, 2.45) is 11.3 Å². The molecule has 1 heterocycles. The number of rotatable bonds is 5. The standard InChI is InChI=1S/C17H19FN2O4/c1-20-13(21)8-12(14(20)10-2-4-11(18)5-3-10)15(22)19-9-17(6-7-17)16(23)24/h2-5,12,14H,6-9H2,1H3,(H,19,22)(H,23,24). The van der Waals surface area contributed by atoms with E-state index in [0.717, 1.165) is 0 Å². The van der Waals surface area contributed by atoms with Crippen LogP contribution in [-0.2, 0) is 14.4 Å². The molecule has 1 aliphatic heterocycles. The molecule has 2 N–H and O–H groups in total. The predicted molar refractivity (Wildman–Crippen MR) is 82.3 cm³/mol. The highest BCUT2D eigenvalue weighted by Gasteiger charge is 2.51. The molecule has 7 heteroatoms. The summed E-state index contributed by atoms with van der Waals surface area (Å²) in [5.74, 6) is -2.41. The first-order chi connectivity index (χ1) is 11.3. The molecule has 0 spiro atoms. The van der Waals surface area contributed by atoms with Crippen molar-refractivity contribution < 1.29 is 23.9 Å². The second kappa shape index (κ2) is 5.89. The molecule has 2 fully saturated rings. The zero-order valence-electron chi connectivity index (χ0n) is 13.3. The van der Waals surface area contributed by atoms with Crippen LogP contribution in [0.3, 0.4) is 0 Å². The molecule has 1 aromatic carbocycles. The van der Waals surface area contributed by atoms with E-state index >= 15 is 0 Å². The van der Waals surface area contributed by atoms with Crippen LogP contribution in [0.5, 0.6) is 0 Å². The summed E-state index contributed by atoms with van der Waals surface area (Å²) in [4.78, 5) is 37.2. The molecule has 0 radical (unpaired) electrons. The third-order valence-electron chi connectivity index (χ3n) is 5.04. The van der Waals surface area contributed by atoms with Gasteiger partial charge in [0.25, 0.3) is 0 Å². The highest BCUT2D eigenvalue weighted by Crippen LogP contribution is 2.45. The van der Waals surface area contributed by atoms with Gasteiger partial charge in [-0.15, -0.1) is 0 Å². The maximum Gasteiger partial charge on any atom is 0.311 e. The van der Waals surface area contributed by atoms with Gasteiger partial charge in [0.1, 0.15) is 5.82 Å². The van der Waals surface area contributed by atoms with Gasteiger partial charge >= 0.3 is 5.97 Å². The first-order valence-electron chi connectivity index (χ1n) is 7.86. The van der Waals surface area contributed by atoms with E-state index in [-0.39, 0.29) is 30.6 Å². The summed E-state index contributed by atoms with van der Waals surface area (Å²) >= 11 is 0. The third kappa shape index (κ3) is 2.86. The van der Waals surface area contributed by atoms with Crippen LogP contribution in [0.25, 0.3) is 0 Å². The predicted octanol–water partition coefficient (Wildman–Crippen LogP) is 1.33. The lowest BCUT2D eigenvalue weighted by Gasteiger charge is -2.25. The maximum atomic E-state index is 13.1. The second-order valence-electron chi connectivity index (χ2n) is 6.61. The number of likely N-dealkylation sites (tertiary alicyclic amines) is 1. The fraction of sp³-hybridized carbons (Fsp3) is 0.471. The molecular formula is C17H19FN2O4. The lowest BCUT2D eigenvalue weighted by molar-refractivity contribution is -0.143. The zero-order valence-corrected chi connectivity index (χ0v) is 13.3. The summed E-state index contributed by atoms with van der Waals surface area (Å²) in [6, 6.07) is 5.25. The van der Waals surface area contributed by atoms with Gasteiger partial charge in [0.15, 0.2) is 0 Å². The van der Waals surface area contributed by atoms with E-state index in [4.69, 9.17) is 0 Å². The van der Waals surface area contributed by atoms with Crippen LogP contribution in [0, 0.1) is 17.2 Å². The molecule has 1 saturated heterocycles. The van der Waals surface area contributed by atoms with E-state index in [2.05, 4.69) is 5.32 Å². The molecular weight excluding hydrogens is 315 g/mol. The smallest absolute Gasteiger partial charge is 0.311 e. The fourth-order valence-corrected chi connectivity index (χ4v) is 3.23. The Morgan fingerprint density at radius 3 is 2.50 bits per heavy atom. The van der Waals surface area contributed by atoms with E-state index in [9.17, 15) is 23.9 Å². The maximum absolute atomic E-state index is 13.1. The molecule has 1 aromatic rings. The van der Waals surface area contributed by atoms with Crippen molar-refractivity contribution in [3.63, 3.8) is 0 Å². The fourth-order valence-electron chi connectivity index (χ4n) is 3.23.